The van der Waals surface area contributed by atoms with Crippen LogP contribution in [0.3, 0.4) is 0 Å². The second-order valence-electron chi connectivity index (χ2n) is 4.18. The number of aromatic carboxylic acids is 1. The fraction of sp³-hybridized carbons (Fsp3) is 0.429. The molecule has 0 heterocycles. The monoisotopic (exact) mass is 281 g/mol. The van der Waals surface area contributed by atoms with Crippen molar-refractivity contribution in [1.29, 1.82) is 0 Å². The quantitative estimate of drug-likeness (QED) is 0.781. The maximum atomic E-state index is 12.0. The van der Waals surface area contributed by atoms with Gasteiger partial charge in [0.25, 0.3) is 0 Å². The average Bonchev–Trinajstić information content (AvgIpc) is 2.42. The second-order valence-corrected chi connectivity index (χ2v) is 5.29. The largest absolute Gasteiger partial charge is 0.478 e. The molecule has 1 aromatic carbocycles. The minimum Gasteiger partial charge on any atom is -0.478 e. The smallest absolute Gasteiger partial charge is 0.337 e. The number of anilines is 1. The van der Waals surface area contributed by atoms with Crippen LogP contribution in [0.25, 0.3) is 0 Å². The lowest BCUT2D eigenvalue weighted by molar-refractivity contribution is -0.115. The minimum absolute atomic E-state index is 0.0743. The van der Waals surface area contributed by atoms with Gasteiger partial charge in [0.2, 0.25) is 5.91 Å². The van der Waals surface area contributed by atoms with Gasteiger partial charge in [-0.1, -0.05) is 25.5 Å². The number of para-hydroxylation sites is 1. The van der Waals surface area contributed by atoms with E-state index in [0.717, 1.165) is 18.6 Å². The van der Waals surface area contributed by atoms with Crippen molar-refractivity contribution in [2.75, 3.05) is 23.5 Å². The van der Waals surface area contributed by atoms with Gasteiger partial charge in [-0.3, -0.25) is 4.79 Å². The number of thioether (sulfide) groups is 1. The Labute approximate surface area is 117 Å². The summed E-state index contributed by atoms with van der Waals surface area (Å²) in [5, 5.41) is 9.10. The summed E-state index contributed by atoms with van der Waals surface area (Å²) < 4.78 is 0. The van der Waals surface area contributed by atoms with Gasteiger partial charge in [0, 0.05) is 7.05 Å². The van der Waals surface area contributed by atoms with Crippen molar-refractivity contribution in [2.24, 2.45) is 0 Å². The third-order valence-electron chi connectivity index (χ3n) is 2.74. The Hall–Kier alpha value is -1.49. The third kappa shape index (κ3) is 4.59. The molecule has 0 aliphatic rings. The summed E-state index contributed by atoms with van der Waals surface area (Å²) in [6.45, 7) is 2.11. The molecule has 1 N–H and O–H groups in total. The first kappa shape index (κ1) is 15.6. The van der Waals surface area contributed by atoms with E-state index in [-0.39, 0.29) is 11.5 Å². The molecule has 0 spiro atoms. The molecule has 0 saturated carbocycles. The van der Waals surface area contributed by atoms with E-state index in [1.54, 1.807) is 37.0 Å². The number of carboxylic acids is 1. The molecule has 0 aliphatic heterocycles. The van der Waals surface area contributed by atoms with Crippen molar-refractivity contribution < 1.29 is 14.7 Å². The van der Waals surface area contributed by atoms with Crippen LogP contribution in [-0.2, 0) is 4.79 Å². The molecule has 0 aliphatic carbocycles. The lowest BCUT2D eigenvalue weighted by Gasteiger charge is -2.19. The van der Waals surface area contributed by atoms with E-state index >= 15 is 0 Å². The number of carboxylic acid groups (broad SMARTS) is 1. The second kappa shape index (κ2) is 7.84. The molecule has 0 bridgehead atoms. The van der Waals surface area contributed by atoms with Crippen LogP contribution in [-0.4, -0.2) is 35.5 Å². The molecule has 0 unspecified atom stereocenters. The van der Waals surface area contributed by atoms with Crippen LogP contribution in [0.2, 0.25) is 0 Å². The van der Waals surface area contributed by atoms with Crippen LogP contribution >= 0.6 is 11.8 Å². The fourth-order valence-corrected chi connectivity index (χ4v) is 2.59. The minimum atomic E-state index is -1.02. The third-order valence-corrected chi connectivity index (χ3v) is 3.77. The molecule has 19 heavy (non-hydrogen) atoms. The topological polar surface area (TPSA) is 57.6 Å². The number of unbranched alkanes of at least 4 members (excludes halogenated alkanes) is 1. The molecule has 4 nitrogen and oxygen atoms in total. The van der Waals surface area contributed by atoms with Gasteiger partial charge in [-0.15, -0.1) is 0 Å². The van der Waals surface area contributed by atoms with E-state index in [1.165, 1.54) is 11.0 Å². The first-order chi connectivity index (χ1) is 9.07. The summed E-state index contributed by atoms with van der Waals surface area (Å²) in [5.41, 5.74) is 0.591. The predicted octanol–water partition coefficient (Wildman–Crippen LogP) is 2.88. The maximum Gasteiger partial charge on any atom is 0.337 e. The molecule has 0 fully saturated rings. The van der Waals surface area contributed by atoms with Gasteiger partial charge in [0.15, 0.2) is 0 Å². The molecule has 0 radical (unpaired) electrons. The highest BCUT2D eigenvalue weighted by atomic mass is 32.2. The summed E-state index contributed by atoms with van der Waals surface area (Å²) in [6.07, 6.45) is 2.20. The number of carbonyl (C=O) groups excluding carboxylic acids is 1. The molecule has 5 heteroatoms. The molecule has 0 atom stereocenters. The van der Waals surface area contributed by atoms with Crippen LogP contribution in [0.4, 0.5) is 5.69 Å². The van der Waals surface area contributed by atoms with E-state index in [9.17, 15) is 9.59 Å². The van der Waals surface area contributed by atoms with Crippen molar-refractivity contribution in [1.82, 2.24) is 0 Å². The highest BCUT2D eigenvalue weighted by Crippen LogP contribution is 2.20. The van der Waals surface area contributed by atoms with Crippen LogP contribution < -0.4 is 4.90 Å². The first-order valence-electron chi connectivity index (χ1n) is 6.24. The summed E-state index contributed by atoms with van der Waals surface area (Å²) in [5.74, 6) is 0.241. The zero-order valence-electron chi connectivity index (χ0n) is 11.3. The molecule has 1 rings (SSSR count). The van der Waals surface area contributed by atoms with Crippen LogP contribution in [0.1, 0.15) is 30.1 Å². The van der Waals surface area contributed by atoms with Crippen LogP contribution in [0.5, 0.6) is 0 Å². The van der Waals surface area contributed by atoms with Gasteiger partial charge in [0.1, 0.15) is 0 Å². The Kier molecular flexibility index (Phi) is 6.42. The van der Waals surface area contributed by atoms with Crippen LogP contribution in [0.15, 0.2) is 24.3 Å². The predicted molar refractivity (Wildman–Crippen MR) is 79.0 cm³/mol. The molecule has 104 valence electrons. The molecule has 0 aromatic heterocycles. The molecule has 0 saturated heterocycles. The van der Waals surface area contributed by atoms with Gasteiger partial charge in [-0.05, 0) is 24.3 Å². The van der Waals surface area contributed by atoms with Crippen LogP contribution in [0, 0.1) is 0 Å². The standard InChI is InChI=1S/C14H19NO3S/c1-3-4-9-19-10-13(16)15(2)12-8-6-5-7-11(12)14(17)18/h5-8H,3-4,9-10H2,1-2H3,(H,17,18). The van der Waals surface area contributed by atoms with Crippen molar-refractivity contribution in [3.8, 4) is 0 Å². The molecular formula is C14H19NO3S. The van der Waals surface area contributed by atoms with Crippen molar-refractivity contribution >= 4 is 29.3 Å². The van der Waals surface area contributed by atoms with Gasteiger partial charge in [-0.25, -0.2) is 4.79 Å². The van der Waals surface area contributed by atoms with Crippen molar-refractivity contribution in [3.05, 3.63) is 29.8 Å². The number of amides is 1. The van der Waals surface area contributed by atoms with E-state index in [0.29, 0.717) is 11.4 Å². The zero-order chi connectivity index (χ0) is 14.3. The Bertz CT molecular complexity index is 448. The molecule has 1 amide bonds. The Morgan fingerprint density at radius 2 is 2.00 bits per heavy atom. The number of carbonyl (C=O) groups is 2. The van der Waals surface area contributed by atoms with Gasteiger partial charge in [-0.2, -0.15) is 11.8 Å². The van der Waals surface area contributed by atoms with E-state index in [1.807, 2.05) is 0 Å². The maximum absolute atomic E-state index is 12.0. The number of nitrogens with zero attached hydrogens (tertiary/aromatic N) is 1. The number of hydrogen-bond donors (Lipinski definition) is 1. The SMILES string of the molecule is CCCCSCC(=O)N(C)c1ccccc1C(=O)O. The summed E-state index contributed by atoms with van der Waals surface area (Å²) in [6, 6.07) is 6.54. The number of hydrogen-bond acceptors (Lipinski definition) is 3. The van der Waals surface area contributed by atoms with Gasteiger partial charge >= 0.3 is 5.97 Å². The average molecular weight is 281 g/mol. The molecular weight excluding hydrogens is 262 g/mol. The van der Waals surface area contributed by atoms with Crippen molar-refractivity contribution in [2.45, 2.75) is 19.8 Å². The first-order valence-corrected chi connectivity index (χ1v) is 7.40. The van der Waals surface area contributed by atoms with Gasteiger partial charge in [0.05, 0.1) is 17.0 Å². The highest BCUT2D eigenvalue weighted by Gasteiger charge is 2.17. The van der Waals surface area contributed by atoms with Gasteiger partial charge < -0.3 is 10.0 Å². The Morgan fingerprint density at radius 3 is 2.63 bits per heavy atom. The number of benzene rings is 1. The highest BCUT2D eigenvalue weighted by molar-refractivity contribution is 7.99. The Morgan fingerprint density at radius 1 is 1.32 bits per heavy atom. The summed E-state index contributed by atoms with van der Waals surface area (Å²) in [4.78, 5) is 24.5. The fourth-order valence-electron chi connectivity index (χ4n) is 1.58. The normalized spacial score (nSPS) is 10.2. The molecule has 1 aromatic rings. The number of rotatable bonds is 7. The lowest BCUT2D eigenvalue weighted by atomic mass is 10.1. The van der Waals surface area contributed by atoms with Crippen molar-refractivity contribution in [3.63, 3.8) is 0 Å². The summed E-state index contributed by atoms with van der Waals surface area (Å²) in [7, 11) is 1.62. The Balaban J connectivity index is 2.69. The lowest BCUT2D eigenvalue weighted by Crippen LogP contribution is -2.29. The van der Waals surface area contributed by atoms with E-state index in [2.05, 4.69) is 6.92 Å². The van der Waals surface area contributed by atoms with E-state index < -0.39 is 5.97 Å². The van der Waals surface area contributed by atoms with E-state index in [4.69, 9.17) is 5.11 Å². The summed E-state index contributed by atoms with van der Waals surface area (Å²) >= 11 is 1.58. The zero-order valence-corrected chi connectivity index (χ0v) is 12.1.